The van der Waals surface area contributed by atoms with Crippen LogP contribution in [-0.4, -0.2) is 16.9 Å². The number of anilines is 1. The van der Waals surface area contributed by atoms with Gasteiger partial charge in [0.25, 0.3) is 5.91 Å². The van der Waals surface area contributed by atoms with Gasteiger partial charge < -0.3 is 11.1 Å². The number of nitrogens with zero attached hydrogens (tertiary/aromatic N) is 1. The predicted molar refractivity (Wildman–Crippen MR) is 86.1 cm³/mol. The SMILES string of the molecule is CCCc1cc(C(=O)NC2CCCCC2(C)C)cc(N)n1. The average Bonchev–Trinajstić information content (AvgIpc) is 2.40. The maximum absolute atomic E-state index is 12.5. The Morgan fingerprint density at radius 3 is 2.86 bits per heavy atom. The standard InChI is InChI=1S/C17H27N3O/c1-4-7-13-10-12(11-15(18)19-13)16(21)20-14-8-5-6-9-17(14,2)3/h10-11,14H,4-9H2,1-3H3,(H2,18,19)(H,20,21). The van der Waals surface area contributed by atoms with E-state index in [1.165, 1.54) is 12.8 Å². The highest BCUT2D eigenvalue weighted by Crippen LogP contribution is 2.35. The molecule has 4 heteroatoms. The Kier molecular flexibility index (Phi) is 4.86. The van der Waals surface area contributed by atoms with Gasteiger partial charge >= 0.3 is 0 Å². The first kappa shape index (κ1) is 15.8. The third-order valence-corrected chi connectivity index (χ3v) is 4.48. The minimum absolute atomic E-state index is 0.0265. The van der Waals surface area contributed by atoms with Gasteiger partial charge in [-0.3, -0.25) is 4.79 Å². The van der Waals surface area contributed by atoms with E-state index in [2.05, 4.69) is 31.1 Å². The van der Waals surface area contributed by atoms with Crippen LogP contribution in [0, 0.1) is 5.41 Å². The summed E-state index contributed by atoms with van der Waals surface area (Å²) in [5.74, 6) is 0.399. The molecule has 1 fully saturated rings. The van der Waals surface area contributed by atoms with E-state index in [1.807, 2.05) is 6.07 Å². The highest BCUT2D eigenvalue weighted by molar-refractivity contribution is 5.95. The fourth-order valence-corrected chi connectivity index (χ4v) is 3.13. The molecule has 1 amide bonds. The van der Waals surface area contributed by atoms with Crippen molar-refractivity contribution < 1.29 is 4.79 Å². The van der Waals surface area contributed by atoms with Crippen LogP contribution in [0.5, 0.6) is 0 Å². The van der Waals surface area contributed by atoms with E-state index >= 15 is 0 Å². The van der Waals surface area contributed by atoms with Crippen molar-refractivity contribution in [2.75, 3.05) is 5.73 Å². The Morgan fingerprint density at radius 1 is 1.43 bits per heavy atom. The third-order valence-electron chi connectivity index (χ3n) is 4.48. The van der Waals surface area contributed by atoms with Crippen LogP contribution < -0.4 is 11.1 Å². The quantitative estimate of drug-likeness (QED) is 0.893. The number of rotatable bonds is 4. The molecule has 1 aliphatic carbocycles. The first-order valence-electron chi connectivity index (χ1n) is 7.99. The lowest BCUT2D eigenvalue weighted by atomic mass is 9.73. The van der Waals surface area contributed by atoms with Crippen LogP contribution in [0.3, 0.4) is 0 Å². The maximum atomic E-state index is 12.5. The molecule has 0 radical (unpaired) electrons. The van der Waals surface area contributed by atoms with Gasteiger partial charge in [0, 0.05) is 17.3 Å². The summed E-state index contributed by atoms with van der Waals surface area (Å²) >= 11 is 0. The molecule has 3 N–H and O–H groups in total. The molecule has 116 valence electrons. The largest absolute Gasteiger partial charge is 0.384 e. The van der Waals surface area contributed by atoms with Crippen molar-refractivity contribution in [3.63, 3.8) is 0 Å². The molecule has 1 aromatic rings. The third kappa shape index (κ3) is 3.96. The van der Waals surface area contributed by atoms with E-state index in [0.717, 1.165) is 31.4 Å². The molecule has 0 aromatic carbocycles. The molecule has 0 spiro atoms. The second-order valence-corrected chi connectivity index (χ2v) is 6.78. The lowest BCUT2D eigenvalue weighted by molar-refractivity contribution is 0.0853. The van der Waals surface area contributed by atoms with Crippen molar-refractivity contribution in [1.82, 2.24) is 10.3 Å². The van der Waals surface area contributed by atoms with Crippen molar-refractivity contribution >= 4 is 11.7 Å². The van der Waals surface area contributed by atoms with Gasteiger partial charge in [0.15, 0.2) is 0 Å². The molecular formula is C17H27N3O. The number of hydrogen-bond donors (Lipinski definition) is 2. The summed E-state index contributed by atoms with van der Waals surface area (Å²) in [6.07, 6.45) is 6.50. The van der Waals surface area contributed by atoms with E-state index in [-0.39, 0.29) is 17.4 Å². The van der Waals surface area contributed by atoms with Crippen molar-refractivity contribution in [3.05, 3.63) is 23.4 Å². The molecule has 1 aromatic heterocycles. The lowest BCUT2D eigenvalue weighted by Crippen LogP contribution is -2.46. The normalized spacial score (nSPS) is 21.0. The predicted octanol–water partition coefficient (Wildman–Crippen LogP) is 3.31. The van der Waals surface area contributed by atoms with Gasteiger partial charge in [0.1, 0.15) is 5.82 Å². The Balaban J connectivity index is 2.12. The van der Waals surface area contributed by atoms with Crippen LogP contribution >= 0.6 is 0 Å². The van der Waals surface area contributed by atoms with Crippen LogP contribution in [0.2, 0.25) is 0 Å². The summed E-state index contributed by atoms with van der Waals surface area (Å²) in [6, 6.07) is 3.78. The van der Waals surface area contributed by atoms with E-state index in [9.17, 15) is 4.79 Å². The monoisotopic (exact) mass is 289 g/mol. The smallest absolute Gasteiger partial charge is 0.251 e. The number of hydrogen-bond acceptors (Lipinski definition) is 3. The molecule has 4 nitrogen and oxygen atoms in total. The zero-order chi connectivity index (χ0) is 15.5. The lowest BCUT2D eigenvalue weighted by Gasteiger charge is -2.39. The van der Waals surface area contributed by atoms with Crippen molar-refractivity contribution in [2.45, 2.75) is 65.3 Å². The van der Waals surface area contributed by atoms with Gasteiger partial charge in [-0.05, 0) is 36.8 Å². The van der Waals surface area contributed by atoms with E-state index in [1.54, 1.807) is 6.07 Å². The van der Waals surface area contributed by atoms with Crippen molar-refractivity contribution in [1.29, 1.82) is 0 Å². The topological polar surface area (TPSA) is 68.0 Å². The van der Waals surface area contributed by atoms with Crippen molar-refractivity contribution in [3.8, 4) is 0 Å². The van der Waals surface area contributed by atoms with Crippen LogP contribution in [0.15, 0.2) is 12.1 Å². The van der Waals surface area contributed by atoms with Gasteiger partial charge in [0.05, 0.1) is 0 Å². The number of carbonyl (C=O) groups is 1. The van der Waals surface area contributed by atoms with Gasteiger partial charge in [-0.25, -0.2) is 4.98 Å². The molecule has 0 saturated heterocycles. The molecule has 0 aliphatic heterocycles. The highest BCUT2D eigenvalue weighted by atomic mass is 16.1. The Hall–Kier alpha value is -1.58. The summed E-state index contributed by atoms with van der Waals surface area (Å²) in [4.78, 5) is 16.8. The number of aryl methyl sites for hydroxylation is 1. The van der Waals surface area contributed by atoms with Gasteiger partial charge in [-0.2, -0.15) is 0 Å². The molecule has 1 saturated carbocycles. The zero-order valence-electron chi connectivity index (χ0n) is 13.4. The number of nitrogen functional groups attached to an aromatic ring is 1. The van der Waals surface area contributed by atoms with Crippen molar-refractivity contribution in [2.24, 2.45) is 5.41 Å². The molecular weight excluding hydrogens is 262 g/mol. The number of pyridine rings is 1. The average molecular weight is 289 g/mol. The summed E-state index contributed by atoms with van der Waals surface area (Å²) < 4.78 is 0. The highest BCUT2D eigenvalue weighted by Gasteiger charge is 2.33. The minimum atomic E-state index is -0.0265. The fourth-order valence-electron chi connectivity index (χ4n) is 3.13. The summed E-state index contributed by atoms with van der Waals surface area (Å²) in [5, 5.41) is 3.20. The number of carbonyl (C=O) groups excluding carboxylic acids is 1. The van der Waals surface area contributed by atoms with Gasteiger partial charge in [-0.1, -0.05) is 40.0 Å². The van der Waals surface area contributed by atoms with Gasteiger partial charge in [-0.15, -0.1) is 0 Å². The summed E-state index contributed by atoms with van der Waals surface area (Å²) in [7, 11) is 0. The minimum Gasteiger partial charge on any atom is -0.384 e. The molecule has 2 rings (SSSR count). The molecule has 1 atom stereocenters. The molecule has 1 heterocycles. The van der Waals surface area contributed by atoms with E-state index in [0.29, 0.717) is 11.4 Å². The maximum Gasteiger partial charge on any atom is 0.251 e. The first-order valence-corrected chi connectivity index (χ1v) is 7.99. The first-order chi connectivity index (χ1) is 9.92. The summed E-state index contributed by atoms with van der Waals surface area (Å²) in [5.41, 5.74) is 7.51. The number of nitrogens with two attached hydrogens (primary N) is 1. The van der Waals surface area contributed by atoms with Crippen LogP contribution in [0.25, 0.3) is 0 Å². The summed E-state index contributed by atoms with van der Waals surface area (Å²) in [6.45, 7) is 6.57. The molecule has 21 heavy (non-hydrogen) atoms. The molecule has 0 bridgehead atoms. The number of amides is 1. The van der Waals surface area contributed by atoms with E-state index in [4.69, 9.17) is 5.73 Å². The van der Waals surface area contributed by atoms with Crippen LogP contribution in [0.4, 0.5) is 5.82 Å². The Morgan fingerprint density at radius 2 is 2.19 bits per heavy atom. The second-order valence-electron chi connectivity index (χ2n) is 6.78. The Labute approximate surface area is 127 Å². The second kappa shape index (κ2) is 6.46. The van der Waals surface area contributed by atoms with E-state index < -0.39 is 0 Å². The van der Waals surface area contributed by atoms with Crippen LogP contribution in [-0.2, 0) is 6.42 Å². The van der Waals surface area contributed by atoms with Gasteiger partial charge in [0.2, 0.25) is 0 Å². The fraction of sp³-hybridized carbons (Fsp3) is 0.647. The molecule has 1 aliphatic rings. The zero-order valence-corrected chi connectivity index (χ0v) is 13.4. The number of aromatic nitrogens is 1. The number of nitrogens with one attached hydrogen (secondary N) is 1. The van der Waals surface area contributed by atoms with Crippen LogP contribution in [0.1, 0.15) is 68.9 Å². The Bertz CT molecular complexity index is 511. The molecule has 1 unspecified atom stereocenters.